The molecule has 1 aromatic rings. The van der Waals surface area contributed by atoms with Gasteiger partial charge in [0, 0.05) is 37.9 Å². The quantitative estimate of drug-likeness (QED) is 0.665. The van der Waals surface area contributed by atoms with Gasteiger partial charge in [0.05, 0.1) is 0 Å². The Balaban J connectivity index is 1.63. The average Bonchev–Trinajstić information content (AvgIpc) is 2.66. The van der Waals surface area contributed by atoms with Crippen molar-refractivity contribution >= 4 is 5.69 Å². The maximum atomic E-state index is 3.61. The van der Waals surface area contributed by atoms with Crippen LogP contribution >= 0.6 is 0 Å². The van der Waals surface area contributed by atoms with Crippen LogP contribution in [0.2, 0.25) is 0 Å². The van der Waals surface area contributed by atoms with E-state index < -0.39 is 0 Å². The minimum atomic E-state index is 0.464. The summed E-state index contributed by atoms with van der Waals surface area (Å²) in [6.45, 7) is 15.5. The van der Waals surface area contributed by atoms with Gasteiger partial charge in [-0.3, -0.25) is 4.90 Å². The number of benzene rings is 1. The van der Waals surface area contributed by atoms with Crippen molar-refractivity contribution in [1.29, 1.82) is 0 Å². The number of nitrogens with zero attached hydrogens (tertiary/aromatic N) is 2. The number of para-hydroxylation sites is 1. The summed E-state index contributed by atoms with van der Waals surface area (Å²) in [5.41, 5.74) is 3.44. The van der Waals surface area contributed by atoms with Gasteiger partial charge in [-0.1, -0.05) is 52.3 Å². The van der Waals surface area contributed by atoms with Crippen molar-refractivity contribution in [2.75, 3.05) is 37.6 Å². The molecule has 0 spiro atoms. The number of piperazine rings is 1. The SMILES string of the molecule is CCCCN1CCN(c2[c]cccc2C2CCC(C(C)(C)C)CC2)CC1. The lowest BCUT2D eigenvalue weighted by Gasteiger charge is -2.40. The largest absolute Gasteiger partial charge is 0.368 e. The van der Waals surface area contributed by atoms with Crippen molar-refractivity contribution in [2.45, 2.75) is 72.1 Å². The first-order valence-electron chi connectivity index (χ1n) is 11.0. The molecule has 145 valence electrons. The topological polar surface area (TPSA) is 6.48 Å². The molecule has 1 radical (unpaired) electrons. The molecule has 1 aliphatic heterocycles. The van der Waals surface area contributed by atoms with Crippen LogP contribution in [0.3, 0.4) is 0 Å². The molecule has 1 aromatic carbocycles. The summed E-state index contributed by atoms with van der Waals surface area (Å²) in [7, 11) is 0. The third-order valence-electron chi connectivity index (χ3n) is 6.77. The third-order valence-corrected chi connectivity index (χ3v) is 6.77. The fourth-order valence-electron chi connectivity index (χ4n) is 4.89. The molecule has 1 aliphatic carbocycles. The van der Waals surface area contributed by atoms with Crippen molar-refractivity contribution in [3.63, 3.8) is 0 Å². The zero-order valence-electron chi connectivity index (χ0n) is 17.6. The number of hydrogen-bond acceptors (Lipinski definition) is 2. The van der Waals surface area contributed by atoms with Crippen LogP contribution in [0.25, 0.3) is 0 Å². The van der Waals surface area contributed by atoms with Crippen molar-refractivity contribution in [3.8, 4) is 0 Å². The van der Waals surface area contributed by atoms with Gasteiger partial charge in [0.1, 0.15) is 0 Å². The molecule has 1 saturated heterocycles. The summed E-state index contributed by atoms with van der Waals surface area (Å²) < 4.78 is 0. The summed E-state index contributed by atoms with van der Waals surface area (Å²) in [5, 5.41) is 0. The van der Waals surface area contributed by atoms with E-state index in [1.54, 1.807) is 5.56 Å². The number of rotatable bonds is 5. The molecule has 0 aromatic heterocycles. The fourth-order valence-corrected chi connectivity index (χ4v) is 4.89. The normalized spacial score (nSPS) is 25.5. The first-order valence-corrected chi connectivity index (χ1v) is 11.0. The lowest BCUT2D eigenvalue weighted by molar-refractivity contribution is 0.169. The Morgan fingerprint density at radius 2 is 1.73 bits per heavy atom. The minimum Gasteiger partial charge on any atom is -0.368 e. The number of anilines is 1. The van der Waals surface area contributed by atoms with Crippen LogP contribution in [-0.4, -0.2) is 37.6 Å². The van der Waals surface area contributed by atoms with Crippen LogP contribution < -0.4 is 4.90 Å². The van der Waals surface area contributed by atoms with Crippen molar-refractivity contribution in [3.05, 3.63) is 29.8 Å². The second-order valence-corrected chi connectivity index (χ2v) is 9.57. The van der Waals surface area contributed by atoms with E-state index in [9.17, 15) is 0 Å². The molecular weight excluding hydrogens is 316 g/mol. The molecule has 0 unspecified atom stereocenters. The van der Waals surface area contributed by atoms with Crippen LogP contribution in [0, 0.1) is 17.4 Å². The predicted molar refractivity (Wildman–Crippen MR) is 113 cm³/mol. The molecule has 1 heterocycles. The van der Waals surface area contributed by atoms with Crippen LogP contribution in [0.1, 0.15) is 77.7 Å². The molecular formula is C24H39N2. The highest BCUT2D eigenvalue weighted by Crippen LogP contribution is 2.45. The van der Waals surface area contributed by atoms with Gasteiger partial charge in [-0.2, -0.15) is 0 Å². The monoisotopic (exact) mass is 355 g/mol. The number of unbranched alkanes of at least 4 members (excludes halogenated alkanes) is 1. The lowest BCUT2D eigenvalue weighted by atomic mass is 9.68. The van der Waals surface area contributed by atoms with Crippen LogP contribution in [0.15, 0.2) is 18.2 Å². The molecule has 1 saturated carbocycles. The minimum absolute atomic E-state index is 0.464. The number of hydrogen-bond donors (Lipinski definition) is 0. The van der Waals surface area contributed by atoms with E-state index in [1.165, 1.54) is 63.8 Å². The standard InChI is InChI=1S/C24H39N2/c1-5-6-15-25-16-18-26(19-17-25)23-10-8-7-9-22(23)20-11-13-21(14-12-20)24(2,3)4/h7-9,20-21H,5-6,11-19H2,1-4H3. The van der Waals surface area contributed by atoms with Gasteiger partial charge >= 0.3 is 0 Å². The Hall–Kier alpha value is -1.02. The molecule has 3 rings (SSSR count). The van der Waals surface area contributed by atoms with Gasteiger partial charge in [-0.25, -0.2) is 0 Å². The third kappa shape index (κ3) is 4.82. The molecule has 26 heavy (non-hydrogen) atoms. The summed E-state index contributed by atoms with van der Waals surface area (Å²) in [5.74, 6) is 1.62. The zero-order chi connectivity index (χ0) is 18.6. The lowest BCUT2D eigenvalue weighted by Crippen LogP contribution is -2.47. The van der Waals surface area contributed by atoms with Gasteiger partial charge in [-0.05, 0) is 61.5 Å². The van der Waals surface area contributed by atoms with Crippen molar-refractivity contribution < 1.29 is 0 Å². The van der Waals surface area contributed by atoms with Crippen molar-refractivity contribution in [2.24, 2.45) is 11.3 Å². The van der Waals surface area contributed by atoms with E-state index >= 15 is 0 Å². The highest BCUT2D eigenvalue weighted by molar-refractivity contribution is 5.54. The maximum Gasteiger partial charge on any atom is 0.0482 e. The van der Waals surface area contributed by atoms with E-state index in [-0.39, 0.29) is 0 Å². The first kappa shape index (κ1) is 19.7. The molecule has 0 atom stereocenters. The maximum absolute atomic E-state index is 3.61. The highest BCUT2D eigenvalue weighted by atomic mass is 15.3. The van der Waals surface area contributed by atoms with Crippen LogP contribution in [-0.2, 0) is 0 Å². The van der Waals surface area contributed by atoms with Gasteiger partial charge in [-0.15, -0.1) is 0 Å². The predicted octanol–water partition coefficient (Wildman–Crippen LogP) is 5.73. The van der Waals surface area contributed by atoms with E-state index in [0.717, 1.165) is 24.9 Å². The molecule has 2 nitrogen and oxygen atoms in total. The first-order chi connectivity index (χ1) is 12.5. The van der Waals surface area contributed by atoms with E-state index in [4.69, 9.17) is 0 Å². The summed E-state index contributed by atoms with van der Waals surface area (Å²) in [6, 6.07) is 10.3. The van der Waals surface area contributed by atoms with Crippen LogP contribution in [0.4, 0.5) is 5.69 Å². The zero-order valence-corrected chi connectivity index (χ0v) is 17.6. The van der Waals surface area contributed by atoms with Crippen LogP contribution in [0.5, 0.6) is 0 Å². The second-order valence-electron chi connectivity index (χ2n) is 9.57. The molecule has 2 aliphatic rings. The van der Waals surface area contributed by atoms with E-state index in [0.29, 0.717) is 5.41 Å². The Morgan fingerprint density at radius 1 is 1.04 bits per heavy atom. The molecule has 0 N–H and O–H groups in total. The van der Waals surface area contributed by atoms with Gasteiger partial charge in [0.25, 0.3) is 0 Å². The summed E-state index contributed by atoms with van der Waals surface area (Å²) >= 11 is 0. The highest BCUT2D eigenvalue weighted by Gasteiger charge is 2.31. The Labute approximate surface area is 162 Å². The van der Waals surface area contributed by atoms with Gasteiger partial charge < -0.3 is 4.90 Å². The Bertz CT molecular complexity index is 544. The fraction of sp³-hybridized carbons (Fsp3) is 0.750. The average molecular weight is 356 g/mol. The second kappa shape index (κ2) is 8.78. The molecule has 2 fully saturated rings. The van der Waals surface area contributed by atoms with Crippen molar-refractivity contribution in [1.82, 2.24) is 4.90 Å². The molecule has 2 heteroatoms. The Morgan fingerprint density at radius 3 is 2.35 bits per heavy atom. The Kier molecular flexibility index (Phi) is 6.66. The summed E-state index contributed by atoms with van der Waals surface area (Å²) in [4.78, 5) is 5.24. The van der Waals surface area contributed by atoms with E-state index in [1.807, 2.05) is 0 Å². The smallest absolute Gasteiger partial charge is 0.0482 e. The molecule has 0 bridgehead atoms. The van der Waals surface area contributed by atoms with Gasteiger partial charge in [0.15, 0.2) is 0 Å². The molecule has 0 amide bonds. The van der Waals surface area contributed by atoms with E-state index in [2.05, 4.69) is 61.8 Å². The van der Waals surface area contributed by atoms with Gasteiger partial charge in [0.2, 0.25) is 0 Å². The summed E-state index contributed by atoms with van der Waals surface area (Å²) in [6.07, 6.45) is 8.10.